The maximum atomic E-state index is 12.9. The molecule has 0 spiro atoms. The number of nitro benzene ring substituents is 1. The van der Waals surface area contributed by atoms with E-state index in [9.17, 15) is 14.5 Å². The monoisotopic (exact) mass is 315 g/mol. The van der Waals surface area contributed by atoms with Gasteiger partial charge in [-0.05, 0) is 18.2 Å². The third-order valence-electron chi connectivity index (χ3n) is 2.52. The van der Waals surface area contributed by atoms with Crippen LogP contribution in [0.4, 0.5) is 10.1 Å². The van der Waals surface area contributed by atoms with Crippen LogP contribution in [0.25, 0.3) is 0 Å². The predicted molar refractivity (Wildman–Crippen MR) is 73.8 cm³/mol. The van der Waals surface area contributed by atoms with Crippen molar-refractivity contribution < 1.29 is 14.1 Å². The van der Waals surface area contributed by atoms with Crippen molar-refractivity contribution in [3.63, 3.8) is 0 Å². The minimum Gasteiger partial charge on any atom is -0.487 e. The molecule has 2 aromatic rings. The Morgan fingerprint density at radius 2 is 1.90 bits per heavy atom. The summed E-state index contributed by atoms with van der Waals surface area (Å²) in [6.07, 6.45) is 0. The van der Waals surface area contributed by atoms with Crippen LogP contribution in [0.2, 0.25) is 10.0 Å². The SMILES string of the molecule is O=[N+]([O-])c1ccc(Cl)c(OCc2ccc(F)cc2Cl)c1. The molecule has 7 heteroatoms. The Balaban J connectivity index is 2.18. The molecule has 0 saturated carbocycles. The molecular weight excluding hydrogens is 308 g/mol. The smallest absolute Gasteiger partial charge is 0.273 e. The predicted octanol–water partition coefficient (Wildman–Crippen LogP) is 4.62. The van der Waals surface area contributed by atoms with Gasteiger partial charge in [-0.3, -0.25) is 10.1 Å². The molecule has 2 aromatic carbocycles. The zero-order chi connectivity index (χ0) is 14.7. The van der Waals surface area contributed by atoms with Crippen LogP contribution in [0.3, 0.4) is 0 Å². The summed E-state index contributed by atoms with van der Waals surface area (Å²) in [5.74, 6) is -0.284. The van der Waals surface area contributed by atoms with Crippen molar-refractivity contribution in [1.29, 1.82) is 0 Å². The first-order valence-electron chi connectivity index (χ1n) is 5.48. The first-order chi connectivity index (χ1) is 9.47. The second-order valence-corrected chi connectivity index (χ2v) is 4.71. The van der Waals surface area contributed by atoms with Gasteiger partial charge in [0, 0.05) is 11.6 Å². The van der Waals surface area contributed by atoms with Gasteiger partial charge in [-0.1, -0.05) is 29.3 Å². The lowest BCUT2D eigenvalue weighted by Crippen LogP contribution is -1.98. The lowest BCUT2D eigenvalue weighted by molar-refractivity contribution is -0.384. The van der Waals surface area contributed by atoms with Crippen LogP contribution in [0, 0.1) is 15.9 Å². The second kappa shape index (κ2) is 6.07. The van der Waals surface area contributed by atoms with Crippen LogP contribution in [-0.4, -0.2) is 4.92 Å². The highest BCUT2D eigenvalue weighted by atomic mass is 35.5. The Morgan fingerprint density at radius 3 is 2.55 bits per heavy atom. The average molecular weight is 316 g/mol. The fraction of sp³-hybridized carbons (Fsp3) is 0.0769. The van der Waals surface area contributed by atoms with Gasteiger partial charge < -0.3 is 4.74 Å². The summed E-state index contributed by atoms with van der Waals surface area (Å²) in [4.78, 5) is 10.1. The molecule has 0 bridgehead atoms. The van der Waals surface area contributed by atoms with E-state index in [2.05, 4.69) is 0 Å². The van der Waals surface area contributed by atoms with Gasteiger partial charge in [0.15, 0.2) is 0 Å². The Bertz CT molecular complexity index is 664. The van der Waals surface area contributed by atoms with Crippen LogP contribution in [0.15, 0.2) is 36.4 Å². The highest BCUT2D eigenvalue weighted by molar-refractivity contribution is 6.32. The van der Waals surface area contributed by atoms with E-state index in [4.69, 9.17) is 27.9 Å². The number of rotatable bonds is 4. The van der Waals surface area contributed by atoms with Gasteiger partial charge in [0.1, 0.15) is 18.2 Å². The molecule has 20 heavy (non-hydrogen) atoms. The van der Waals surface area contributed by atoms with Gasteiger partial charge >= 0.3 is 0 Å². The molecule has 2 rings (SSSR count). The molecule has 0 atom stereocenters. The quantitative estimate of drug-likeness (QED) is 0.611. The fourth-order valence-corrected chi connectivity index (χ4v) is 1.90. The molecule has 0 aromatic heterocycles. The highest BCUT2D eigenvalue weighted by Gasteiger charge is 2.11. The fourth-order valence-electron chi connectivity index (χ4n) is 1.51. The normalized spacial score (nSPS) is 10.3. The largest absolute Gasteiger partial charge is 0.487 e. The highest BCUT2D eigenvalue weighted by Crippen LogP contribution is 2.30. The summed E-state index contributed by atoms with van der Waals surface area (Å²) >= 11 is 11.7. The molecule has 0 unspecified atom stereocenters. The van der Waals surface area contributed by atoms with Crippen LogP contribution >= 0.6 is 23.2 Å². The van der Waals surface area contributed by atoms with Crippen molar-refractivity contribution >= 4 is 28.9 Å². The first kappa shape index (κ1) is 14.6. The Labute approximate surface area is 123 Å². The molecule has 0 radical (unpaired) electrons. The number of halogens is 3. The molecule has 0 saturated heterocycles. The third kappa shape index (κ3) is 3.37. The molecule has 0 N–H and O–H groups in total. The summed E-state index contributed by atoms with van der Waals surface area (Å²) in [6, 6.07) is 7.76. The molecule has 0 aliphatic rings. The van der Waals surface area contributed by atoms with Crippen LogP contribution in [0.5, 0.6) is 5.75 Å². The van der Waals surface area contributed by atoms with Crippen LogP contribution < -0.4 is 4.74 Å². The van der Waals surface area contributed by atoms with E-state index < -0.39 is 10.7 Å². The maximum absolute atomic E-state index is 12.9. The zero-order valence-electron chi connectivity index (χ0n) is 9.98. The Kier molecular flexibility index (Phi) is 4.42. The van der Waals surface area contributed by atoms with Crippen molar-refractivity contribution in [3.05, 3.63) is 67.9 Å². The number of benzene rings is 2. The van der Waals surface area contributed by atoms with E-state index in [1.54, 1.807) is 0 Å². The minimum absolute atomic E-state index is 0.0278. The first-order valence-corrected chi connectivity index (χ1v) is 6.23. The summed E-state index contributed by atoms with van der Waals surface area (Å²) in [5.41, 5.74) is 0.422. The standard InChI is InChI=1S/C13H8Cl2FNO3/c14-11-4-3-10(17(18)19)6-13(11)20-7-8-1-2-9(16)5-12(8)15/h1-6H,7H2. The Morgan fingerprint density at radius 1 is 1.15 bits per heavy atom. The summed E-state index contributed by atoms with van der Waals surface area (Å²) in [6.45, 7) is 0.0278. The molecular formula is C13H8Cl2FNO3. The third-order valence-corrected chi connectivity index (χ3v) is 3.19. The van der Waals surface area contributed by atoms with E-state index in [1.165, 1.54) is 30.3 Å². The van der Waals surface area contributed by atoms with Crippen molar-refractivity contribution in [2.24, 2.45) is 0 Å². The van der Waals surface area contributed by atoms with E-state index in [1.807, 2.05) is 0 Å². The number of ether oxygens (including phenoxy) is 1. The minimum atomic E-state index is -0.548. The molecule has 104 valence electrons. The summed E-state index contributed by atoms with van der Waals surface area (Å²) in [7, 11) is 0. The molecule has 0 aliphatic heterocycles. The van der Waals surface area contributed by atoms with Gasteiger partial charge in [0.25, 0.3) is 5.69 Å². The van der Waals surface area contributed by atoms with Crippen molar-refractivity contribution in [2.75, 3.05) is 0 Å². The summed E-state index contributed by atoms with van der Waals surface area (Å²) in [5, 5.41) is 11.1. The van der Waals surface area contributed by atoms with Gasteiger partial charge in [-0.25, -0.2) is 4.39 Å². The van der Waals surface area contributed by atoms with E-state index in [-0.39, 0.29) is 28.1 Å². The van der Waals surface area contributed by atoms with Crippen molar-refractivity contribution in [1.82, 2.24) is 0 Å². The molecule has 0 fully saturated rings. The van der Waals surface area contributed by atoms with Gasteiger partial charge in [-0.15, -0.1) is 0 Å². The molecule has 0 amide bonds. The molecule has 0 aliphatic carbocycles. The van der Waals surface area contributed by atoms with Crippen LogP contribution in [-0.2, 0) is 6.61 Å². The van der Waals surface area contributed by atoms with E-state index in [0.717, 1.165) is 6.07 Å². The number of hydrogen-bond donors (Lipinski definition) is 0. The maximum Gasteiger partial charge on any atom is 0.273 e. The number of nitrogens with zero attached hydrogens (tertiary/aromatic N) is 1. The molecule has 0 heterocycles. The van der Waals surface area contributed by atoms with E-state index in [0.29, 0.717) is 5.56 Å². The van der Waals surface area contributed by atoms with Crippen molar-refractivity contribution in [3.8, 4) is 5.75 Å². The topological polar surface area (TPSA) is 52.4 Å². The van der Waals surface area contributed by atoms with E-state index >= 15 is 0 Å². The van der Waals surface area contributed by atoms with Gasteiger partial charge in [0.05, 0.1) is 21.0 Å². The van der Waals surface area contributed by atoms with Gasteiger partial charge in [0.2, 0.25) is 0 Å². The lowest BCUT2D eigenvalue weighted by Gasteiger charge is -2.09. The number of nitro groups is 1. The number of non-ortho nitro benzene ring substituents is 1. The number of hydrogen-bond acceptors (Lipinski definition) is 3. The molecule has 4 nitrogen and oxygen atoms in total. The van der Waals surface area contributed by atoms with Gasteiger partial charge in [-0.2, -0.15) is 0 Å². The summed E-state index contributed by atoms with van der Waals surface area (Å²) < 4.78 is 18.3. The average Bonchev–Trinajstić information content (AvgIpc) is 2.39. The van der Waals surface area contributed by atoms with Crippen LogP contribution in [0.1, 0.15) is 5.56 Å². The Hall–Kier alpha value is -1.85. The van der Waals surface area contributed by atoms with Crippen molar-refractivity contribution in [2.45, 2.75) is 6.61 Å². The zero-order valence-corrected chi connectivity index (χ0v) is 11.5. The second-order valence-electron chi connectivity index (χ2n) is 3.90. The lowest BCUT2D eigenvalue weighted by atomic mass is 10.2.